The molecule has 2 aromatic rings. The van der Waals surface area contributed by atoms with Crippen molar-refractivity contribution in [3.8, 4) is 0 Å². The molecule has 0 saturated carbocycles. The van der Waals surface area contributed by atoms with Crippen molar-refractivity contribution in [2.24, 2.45) is 4.99 Å². The summed E-state index contributed by atoms with van der Waals surface area (Å²) in [7, 11) is 0. The number of non-ortho nitro benzene ring substituents is 1. The van der Waals surface area contributed by atoms with Gasteiger partial charge in [0.1, 0.15) is 11.7 Å². The van der Waals surface area contributed by atoms with E-state index in [4.69, 9.17) is 4.74 Å². The Balaban J connectivity index is 1.89. The predicted molar refractivity (Wildman–Crippen MR) is 91.4 cm³/mol. The molecule has 2 aliphatic rings. The van der Waals surface area contributed by atoms with Crippen molar-refractivity contribution in [2.75, 3.05) is 31.6 Å². The average molecular weight is 342 g/mol. The van der Waals surface area contributed by atoms with E-state index in [2.05, 4.69) is 10.3 Å². The highest BCUT2D eigenvalue weighted by molar-refractivity contribution is 6.07. The zero-order chi connectivity index (χ0) is 17.4. The summed E-state index contributed by atoms with van der Waals surface area (Å²) in [5, 5.41) is 14.3. The van der Waals surface area contributed by atoms with Crippen LogP contribution in [0.3, 0.4) is 0 Å². The highest BCUT2D eigenvalue weighted by Gasteiger charge is 2.24. The molecule has 1 N–H and O–H groups in total. The van der Waals surface area contributed by atoms with Crippen LogP contribution in [0.4, 0.5) is 27.1 Å². The van der Waals surface area contributed by atoms with Crippen LogP contribution < -0.4 is 5.32 Å². The molecule has 25 heavy (non-hydrogen) atoms. The Bertz CT molecular complexity index is 878. The Morgan fingerprint density at radius 3 is 2.68 bits per heavy atom. The maximum atomic E-state index is 13.9. The number of halogens is 1. The maximum Gasteiger partial charge on any atom is 0.271 e. The van der Waals surface area contributed by atoms with E-state index in [1.807, 2.05) is 4.90 Å². The molecular weight excluding hydrogens is 327 g/mol. The number of hydrogen-bond donors (Lipinski definition) is 1. The SMILES string of the molecule is O=[N+]([O-])c1ccc2c(c1)N=C(N1CCOCC1)c1cc(F)ccc1N2. The molecule has 7 nitrogen and oxygen atoms in total. The van der Waals surface area contributed by atoms with Gasteiger partial charge in [-0.2, -0.15) is 0 Å². The number of benzene rings is 2. The second-order valence-electron chi connectivity index (χ2n) is 5.81. The van der Waals surface area contributed by atoms with Crippen LogP contribution in [0, 0.1) is 15.9 Å². The fourth-order valence-electron chi connectivity index (χ4n) is 2.98. The second-order valence-corrected chi connectivity index (χ2v) is 5.81. The Kier molecular flexibility index (Phi) is 3.81. The molecule has 128 valence electrons. The van der Waals surface area contributed by atoms with Gasteiger partial charge in [0.15, 0.2) is 0 Å². The fraction of sp³-hybridized carbons (Fsp3) is 0.235. The van der Waals surface area contributed by atoms with E-state index in [0.29, 0.717) is 54.8 Å². The molecule has 8 heteroatoms. The highest BCUT2D eigenvalue weighted by atomic mass is 19.1. The van der Waals surface area contributed by atoms with E-state index >= 15 is 0 Å². The molecule has 0 aromatic heterocycles. The van der Waals surface area contributed by atoms with E-state index in [1.54, 1.807) is 12.1 Å². The first kappa shape index (κ1) is 15.5. The summed E-state index contributed by atoms with van der Waals surface area (Å²) in [5.74, 6) is 0.225. The smallest absolute Gasteiger partial charge is 0.271 e. The molecule has 0 atom stereocenters. The predicted octanol–water partition coefficient (Wildman–Crippen LogP) is 3.20. The summed E-state index contributed by atoms with van der Waals surface area (Å²) in [6.45, 7) is 2.36. The lowest BCUT2D eigenvalue weighted by atomic mass is 10.1. The molecule has 2 heterocycles. The molecule has 1 saturated heterocycles. The average Bonchev–Trinajstić information content (AvgIpc) is 2.78. The zero-order valence-corrected chi connectivity index (χ0v) is 13.2. The molecule has 0 unspecified atom stereocenters. The number of amidine groups is 1. The van der Waals surface area contributed by atoms with Crippen molar-refractivity contribution < 1.29 is 14.1 Å². The van der Waals surface area contributed by atoms with E-state index in [-0.39, 0.29) is 11.5 Å². The summed E-state index contributed by atoms with van der Waals surface area (Å²) in [5.41, 5.74) is 2.39. The summed E-state index contributed by atoms with van der Waals surface area (Å²) >= 11 is 0. The van der Waals surface area contributed by atoms with E-state index in [9.17, 15) is 14.5 Å². The fourth-order valence-corrected chi connectivity index (χ4v) is 2.98. The number of hydrogen-bond acceptors (Lipinski definition) is 6. The maximum absolute atomic E-state index is 13.9. The van der Waals surface area contributed by atoms with Crippen molar-refractivity contribution in [3.05, 3.63) is 57.9 Å². The van der Waals surface area contributed by atoms with Crippen molar-refractivity contribution in [1.82, 2.24) is 4.90 Å². The topological polar surface area (TPSA) is 80.0 Å². The zero-order valence-electron chi connectivity index (χ0n) is 13.2. The monoisotopic (exact) mass is 342 g/mol. The van der Waals surface area contributed by atoms with Gasteiger partial charge in [0.25, 0.3) is 5.69 Å². The summed E-state index contributed by atoms with van der Waals surface area (Å²) < 4.78 is 19.2. The lowest BCUT2D eigenvalue weighted by Gasteiger charge is -2.30. The minimum atomic E-state index is -0.456. The van der Waals surface area contributed by atoms with Gasteiger partial charge in [-0.05, 0) is 24.3 Å². The van der Waals surface area contributed by atoms with Gasteiger partial charge in [0.2, 0.25) is 0 Å². The van der Waals surface area contributed by atoms with Crippen LogP contribution in [0.1, 0.15) is 5.56 Å². The summed E-state index contributed by atoms with van der Waals surface area (Å²) in [4.78, 5) is 17.3. The number of rotatable bonds is 1. The first-order chi connectivity index (χ1) is 12.1. The van der Waals surface area contributed by atoms with Crippen LogP contribution in [-0.4, -0.2) is 42.0 Å². The van der Waals surface area contributed by atoms with Gasteiger partial charge in [-0.3, -0.25) is 10.1 Å². The van der Waals surface area contributed by atoms with Gasteiger partial charge in [-0.15, -0.1) is 0 Å². The molecular formula is C17H15FN4O3. The largest absolute Gasteiger partial charge is 0.378 e. The number of fused-ring (bicyclic) bond motifs is 2. The molecule has 1 fully saturated rings. The number of nitrogens with zero attached hydrogens (tertiary/aromatic N) is 3. The van der Waals surface area contributed by atoms with E-state index < -0.39 is 4.92 Å². The van der Waals surface area contributed by atoms with Crippen molar-refractivity contribution in [3.63, 3.8) is 0 Å². The first-order valence-corrected chi connectivity index (χ1v) is 7.88. The quantitative estimate of drug-likeness (QED) is 0.636. The third kappa shape index (κ3) is 2.91. The third-order valence-corrected chi connectivity index (χ3v) is 4.22. The van der Waals surface area contributed by atoms with Gasteiger partial charge >= 0.3 is 0 Å². The Morgan fingerprint density at radius 1 is 1.16 bits per heavy atom. The summed E-state index contributed by atoms with van der Waals surface area (Å²) in [6.07, 6.45) is 0. The number of nitro benzene ring substituents is 1. The minimum absolute atomic E-state index is 0.0391. The number of ether oxygens (including phenoxy) is 1. The van der Waals surface area contributed by atoms with Crippen molar-refractivity contribution in [2.45, 2.75) is 0 Å². The standard InChI is InChI=1S/C17H15FN4O3/c18-11-1-3-14-13(9-11)17(21-5-7-25-8-6-21)20-16-10-12(22(23)24)2-4-15(16)19-14/h1-4,9-10,19H,5-8H2. The number of anilines is 2. The molecule has 2 aromatic carbocycles. The minimum Gasteiger partial charge on any atom is -0.378 e. The van der Waals surface area contributed by atoms with Crippen LogP contribution in [0.5, 0.6) is 0 Å². The Morgan fingerprint density at radius 2 is 1.92 bits per heavy atom. The first-order valence-electron chi connectivity index (χ1n) is 7.88. The van der Waals surface area contributed by atoms with E-state index in [1.165, 1.54) is 24.3 Å². The number of nitrogens with one attached hydrogen (secondary N) is 1. The van der Waals surface area contributed by atoms with E-state index in [0.717, 1.165) is 0 Å². The molecule has 0 bridgehead atoms. The molecule has 2 aliphatic heterocycles. The molecule has 0 spiro atoms. The number of morpholine rings is 1. The molecule has 0 aliphatic carbocycles. The highest BCUT2D eigenvalue weighted by Crippen LogP contribution is 2.37. The molecule has 0 amide bonds. The number of aliphatic imine (C=N–C) groups is 1. The van der Waals surface area contributed by atoms with Crippen LogP contribution >= 0.6 is 0 Å². The van der Waals surface area contributed by atoms with Crippen LogP contribution in [0.15, 0.2) is 41.4 Å². The summed E-state index contributed by atoms with van der Waals surface area (Å²) in [6, 6.07) is 8.91. The normalized spacial score (nSPS) is 16.2. The van der Waals surface area contributed by atoms with Crippen LogP contribution in [-0.2, 0) is 4.74 Å². The third-order valence-electron chi connectivity index (χ3n) is 4.22. The lowest BCUT2D eigenvalue weighted by Crippen LogP contribution is -2.41. The Hall–Kier alpha value is -3.00. The van der Waals surface area contributed by atoms with Crippen molar-refractivity contribution in [1.29, 1.82) is 0 Å². The number of nitro groups is 1. The van der Waals surface area contributed by atoms with Gasteiger partial charge in [-0.25, -0.2) is 9.38 Å². The van der Waals surface area contributed by atoms with Gasteiger partial charge in [-0.1, -0.05) is 0 Å². The molecule has 4 rings (SSSR count). The van der Waals surface area contributed by atoms with Gasteiger partial charge < -0.3 is 15.0 Å². The van der Waals surface area contributed by atoms with Crippen LogP contribution in [0.2, 0.25) is 0 Å². The van der Waals surface area contributed by atoms with Crippen molar-refractivity contribution >= 4 is 28.6 Å². The van der Waals surface area contributed by atoms with Gasteiger partial charge in [0, 0.05) is 36.5 Å². The Labute approximate surface area is 142 Å². The van der Waals surface area contributed by atoms with Crippen LogP contribution in [0.25, 0.3) is 0 Å². The lowest BCUT2D eigenvalue weighted by molar-refractivity contribution is -0.384. The molecule has 0 radical (unpaired) electrons. The van der Waals surface area contributed by atoms with Gasteiger partial charge in [0.05, 0.1) is 29.5 Å². The second kappa shape index (κ2) is 6.14.